The molecule has 4 nitrogen and oxygen atoms in total. The number of likely N-dealkylation sites (N-methyl/N-ethyl adjacent to an activating group) is 1. The molecule has 0 saturated carbocycles. The molecule has 2 aromatic rings. The normalized spacial score (nSPS) is 11.0. The molecular weight excluding hydrogens is 242 g/mol. The minimum Gasteiger partial charge on any atom is -0.497 e. The van der Waals surface area contributed by atoms with E-state index >= 15 is 0 Å². The summed E-state index contributed by atoms with van der Waals surface area (Å²) in [4.78, 5) is 13.8. The van der Waals surface area contributed by atoms with Gasteiger partial charge >= 0.3 is 0 Å². The molecule has 0 radical (unpaired) electrons. The van der Waals surface area contributed by atoms with E-state index in [-0.39, 0.29) is 11.9 Å². The molecule has 0 saturated heterocycles. The Morgan fingerprint density at radius 1 is 1.42 bits per heavy atom. The lowest BCUT2D eigenvalue weighted by atomic mass is 10.1. The van der Waals surface area contributed by atoms with Crippen molar-refractivity contribution in [2.45, 2.75) is 26.3 Å². The zero-order valence-electron chi connectivity index (χ0n) is 11.8. The van der Waals surface area contributed by atoms with E-state index in [4.69, 9.17) is 9.15 Å². The number of benzene rings is 1. The summed E-state index contributed by atoms with van der Waals surface area (Å²) in [6.45, 7) is 3.99. The second-order valence-corrected chi connectivity index (χ2v) is 4.90. The monoisotopic (exact) mass is 261 g/mol. The number of carbonyl (C=O) groups is 1. The zero-order valence-corrected chi connectivity index (χ0v) is 11.8. The van der Waals surface area contributed by atoms with Gasteiger partial charge in [-0.25, -0.2) is 0 Å². The van der Waals surface area contributed by atoms with Crippen molar-refractivity contribution in [2.75, 3.05) is 14.2 Å². The fourth-order valence-electron chi connectivity index (χ4n) is 1.90. The smallest absolute Gasteiger partial charge is 0.227 e. The Morgan fingerprint density at radius 2 is 2.16 bits per heavy atom. The Balaban J connectivity index is 2.24. The van der Waals surface area contributed by atoms with Crippen molar-refractivity contribution in [1.29, 1.82) is 0 Å². The van der Waals surface area contributed by atoms with Crippen molar-refractivity contribution in [2.24, 2.45) is 0 Å². The number of nitrogens with zero attached hydrogens (tertiary/aromatic N) is 1. The van der Waals surface area contributed by atoms with Crippen molar-refractivity contribution >= 4 is 16.9 Å². The highest BCUT2D eigenvalue weighted by molar-refractivity contribution is 5.88. The van der Waals surface area contributed by atoms with Gasteiger partial charge in [-0.2, -0.15) is 0 Å². The van der Waals surface area contributed by atoms with E-state index in [0.717, 1.165) is 22.3 Å². The maximum atomic E-state index is 12.1. The third kappa shape index (κ3) is 2.72. The van der Waals surface area contributed by atoms with Gasteiger partial charge < -0.3 is 14.1 Å². The van der Waals surface area contributed by atoms with Gasteiger partial charge in [-0.3, -0.25) is 4.79 Å². The first kappa shape index (κ1) is 13.5. The fourth-order valence-corrected chi connectivity index (χ4v) is 1.90. The number of fused-ring (bicyclic) bond motifs is 1. The number of hydrogen-bond acceptors (Lipinski definition) is 3. The molecule has 0 fully saturated rings. The minimum atomic E-state index is 0.0912. The molecule has 0 spiro atoms. The fraction of sp³-hybridized carbons (Fsp3) is 0.400. The topological polar surface area (TPSA) is 42.7 Å². The molecule has 19 heavy (non-hydrogen) atoms. The lowest BCUT2D eigenvalue weighted by molar-refractivity contribution is -0.130. The molecule has 0 N–H and O–H groups in total. The second-order valence-electron chi connectivity index (χ2n) is 4.90. The summed E-state index contributed by atoms with van der Waals surface area (Å²) in [5.41, 5.74) is 1.66. The molecule has 1 heterocycles. The van der Waals surface area contributed by atoms with E-state index < -0.39 is 0 Å². The van der Waals surface area contributed by atoms with Crippen LogP contribution >= 0.6 is 0 Å². The van der Waals surface area contributed by atoms with Gasteiger partial charge in [0.2, 0.25) is 5.91 Å². The molecular formula is C15H19NO3. The molecule has 1 amide bonds. The van der Waals surface area contributed by atoms with E-state index in [1.807, 2.05) is 39.1 Å². The minimum absolute atomic E-state index is 0.0912. The van der Waals surface area contributed by atoms with Crippen LogP contribution in [0.4, 0.5) is 0 Å². The van der Waals surface area contributed by atoms with Gasteiger partial charge in [0.1, 0.15) is 11.3 Å². The molecule has 0 aliphatic carbocycles. The number of furan rings is 1. The van der Waals surface area contributed by atoms with Crippen molar-refractivity contribution in [3.05, 3.63) is 30.0 Å². The van der Waals surface area contributed by atoms with Crippen molar-refractivity contribution in [1.82, 2.24) is 4.90 Å². The second kappa shape index (κ2) is 5.34. The van der Waals surface area contributed by atoms with E-state index in [1.54, 1.807) is 18.3 Å². The first-order valence-electron chi connectivity index (χ1n) is 6.32. The van der Waals surface area contributed by atoms with Crippen LogP contribution in [0.15, 0.2) is 28.9 Å². The van der Waals surface area contributed by atoms with E-state index in [2.05, 4.69) is 0 Å². The Bertz CT molecular complexity index is 586. The predicted molar refractivity (Wildman–Crippen MR) is 74.4 cm³/mol. The third-order valence-electron chi connectivity index (χ3n) is 3.37. The maximum absolute atomic E-state index is 12.1. The summed E-state index contributed by atoms with van der Waals surface area (Å²) < 4.78 is 10.6. The van der Waals surface area contributed by atoms with Crippen LogP contribution in [0.25, 0.3) is 11.0 Å². The van der Waals surface area contributed by atoms with Gasteiger partial charge in [-0.15, -0.1) is 0 Å². The van der Waals surface area contributed by atoms with Gasteiger partial charge in [0.15, 0.2) is 0 Å². The van der Waals surface area contributed by atoms with Crippen LogP contribution in [0.5, 0.6) is 5.75 Å². The van der Waals surface area contributed by atoms with E-state index in [1.165, 1.54) is 0 Å². The summed E-state index contributed by atoms with van der Waals surface area (Å²) in [5, 5.41) is 0.964. The molecule has 2 rings (SSSR count). The molecule has 4 heteroatoms. The average molecular weight is 261 g/mol. The van der Waals surface area contributed by atoms with Crippen LogP contribution in [0.3, 0.4) is 0 Å². The summed E-state index contributed by atoms with van der Waals surface area (Å²) in [6, 6.07) is 5.83. The Labute approximate surface area is 112 Å². The molecule has 0 aliphatic rings. The van der Waals surface area contributed by atoms with Crippen molar-refractivity contribution in [3.63, 3.8) is 0 Å². The lowest BCUT2D eigenvalue weighted by Crippen LogP contribution is -2.34. The highest BCUT2D eigenvalue weighted by Crippen LogP contribution is 2.26. The summed E-state index contributed by atoms with van der Waals surface area (Å²) >= 11 is 0. The van der Waals surface area contributed by atoms with Gasteiger partial charge in [0, 0.05) is 30.1 Å². The van der Waals surface area contributed by atoms with Crippen LogP contribution < -0.4 is 4.74 Å². The third-order valence-corrected chi connectivity index (χ3v) is 3.37. The van der Waals surface area contributed by atoms with Gasteiger partial charge in [-0.05, 0) is 26.0 Å². The summed E-state index contributed by atoms with van der Waals surface area (Å²) in [5.74, 6) is 0.840. The molecule has 0 aliphatic heterocycles. The summed E-state index contributed by atoms with van der Waals surface area (Å²) in [6.07, 6.45) is 2.00. The van der Waals surface area contributed by atoms with Gasteiger partial charge in [0.25, 0.3) is 0 Å². The quantitative estimate of drug-likeness (QED) is 0.850. The Morgan fingerprint density at radius 3 is 2.79 bits per heavy atom. The average Bonchev–Trinajstić information content (AvgIpc) is 2.79. The lowest BCUT2D eigenvalue weighted by Gasteiger charge is -2.21. The molecule has 0 atom stereocenters. The van der Waals surface area contributed by atoms with Crippen LogP contribution in [-0.4, -0.2) is 31.0 Å². The number of hydrogen-bond donors (Lipinski definition) is 0. The predicted octanol–water partition coefficient (Wildman–Crippen LogP) is 2.85. The molecule has 1 aromatic heterocycles. The molecule has 0 unspecified atom stereocenters. The molecule has 0 bridgehead atoms. The summed E-state index contributed by atoms with van der Waals surface area (Å²) in [7, 11) is 3.43. The van der Waals surface area contributed by atoms with E-state index in [0.29, 0.717) is 6.42 Å². The zero-order chi connectivity index (χ0) is 14.0. The number of methoxy groups -OCH3 is 1. The first-order chi connectivity index (χ1) is 9.02. The van der Waals surface area contributed by atoms with Crippen LogP contribution in [0.1, 0.15) is 19.4 Å². The molecule has 102 valence electrons. The molecule has 1 aromatic carbocycles. The number of rotatable bonds is 4. The largest absolute Gasteiger partial charge is 0.497 e. The highest BCUT2D eigenvalue weighted by Gasteiger charge is 2.15. The Hall–Kier alpha value is -1.97. The van der Waals surface area contributed by atoms with Crippen LogP contribution in [0, 0.1) is 0 Å². The van der Waals surface area contributed by atoms with E-state index in [9.17, 15) is 4.79 Å². The Kier molecular flexibility index (Phi) is 3.79. The maximum Gasteiger partial charge on any atom is 0.227 e. The van der Waals surface area contributed by atoms with Gasteiger partial charge in [0.05, 0.1) is 19.8 Å². The van der Waals surface area contributed by atoms with Crippen molar-refractivity contribution < 1.29 is 13.9 Å². The standard InChI is InChI=1S/C15H19NO3/c1-10(2)16(3)15(17)7-11-9-19-14-8-12(18-4)5-6-13(11)14/h5-6,8-10H,7H2,1-4H3. The number of ether oxygens (including phenoxy) is 1. The number of amides is 1. The van der Waals surface area contributed by atoms with Crippen LogP contribution in [0.2, 0.25) is 0 Å². The highest BCUT2D eigenvalue weighted by atomic mass is 16.5. The SMILES string of the molecule is COc1ccc2c(CC(=O)N(C)C(C)C)coc2c1. The van der Waals surface area contributed by atoms with Crippen LogP contribution in [-0.2, 0) is 11.2 Å². The number of carbonyl (C=O) groups excluding carboxylic acids is 1. The van der Waals surface area contributed by atoms with Gasteiger partial charge in [-0.1, -0.05) is 0 Å². The van der Waals surface area contributed by atoms with Crippen molar-refractivity contribution in [3.8, 4) is 5.75 Å². The first-order valence-corrected chi connectivity index (χ1v) is 6.32.